The molecule has 0 bridgehead atoms. The Labute approximate surface area is 91.4 Å². The summed E-state index contributed by atoms with van der Waals surface area (Å²) in [5, 5.41) is 0. The van der Waals surface area contributed by atoms with Crippen LogP contribution in [0.3, 0.4) is 0 Å². The van der Waals surface area contributed by atoms with Crippen LogP contribution in [-0.4, -0.2) is 12.1 Å². The van der Waals surface area contributed by atoms with Crippen LogP contribution in [0.1, 0.15) is 31.4 Å². The van der Waals surface area contributed by atoms with Crippen LogP contribution in [0.15, 0.2) is 18.2 Å². The summed E-state index contributed by atoms with van der Waals surface area (Å²) in [5.74, 6) is 1.06. The van der Waals surface area contributed by atoms with Gasteiger partial charge in [-0.1, -0.05) is 12.1 Å². The molecule has 1 aromatic rings. The molecule has 0 atom stereocenters. The monoisotopic (exact) mass is 205 g/mol. The molecule has 1 aromatic carbocycles. The van der Waals surface area contributed by atoms with Gasteiger partial charge in [-0.3, -0.25) is 0 Å². The first-order chi connectivity index (χ1) is 7.04. The van der Waals surface area contributed by atoms with Gasteiger partial charge in [-0.2, -0.15) is 0 Å². The van der Waals surface area contributed by atoms with Gasteiger partial charge in [-0.05, 0) is 43.9 Å². The largest absolute Gasteiger partial charge is 0.493 e. The number of fused-ring (bicyclic) bond motifs is 1. The molecule has 0 spiro atoms. The van der Waals surface area contributed by atoms with E-state index >= 15 is 0 Å². The lowest BCUT2D eigenvalue weighted by Gasteiger charge is -2.18. The summed E-state index contributed by atoms with van der Waals surface area (Å²) in [4.78, 5) is 0. The maximum absolute atomic E-state index is 5.97. The minimum atomic E-state index is -0.0739. The van der Waals surface area contributed by atoms with Gasteiger partial charge < -0.3 is 10.5 Å². The van der Waals surface area contributed by atoms with Gasteiger partial charge in [0.15, 0.2) is 0 Å². The maximum atomic E-state index is 5.97. The molecule has 0 aromatic heterocycles. The molecule has 0 aliphatic carbocycles. The number of nitrogens with two attached hydrogens (primary N) is 1. The van der Waals surface area contributed by atoms with E-state index in [0.29, 0.717) is 0 Å². The third kappa shape index (κ3) is 2.72. The molecule has 2 heteroatoms. The number of hydrogen-bond acceptors (Lipinski definition) is 2. The third-order valence-corrected chi connectivity index (χ3v) is 2.81. The van der Waals surface area contributed by atoms with Crippen molar-refractivity contribution in [2.45, 2.75) is 38.6 Å². The van der Waals surface area contributed by atoms with Gasteiger partial charge in [0.25, 0.3) is 0 Å². The highest BCUT2D eigenvalue weighted by molar-refractivity contribution is 5.39. The highest BCUT2D eigenvalue weighted by Gasteiger charge is 2.14. The SMILES string of the molecule is CC(C)(N)CCc1ccc2c(c1)CCO2. The second-order valence-corrected chi connectivity index (χ2v) is 5.03. The summed E-state index contributed by atoms with van der Waals surface area (Å²) in [6.07, 6.45) is 3.12. The normalized spacial score (nSPS) is 14.9. The molecule has 2 N–H and O–H groups in total. The fraction of sp³-hybridized carbons (Fsp3) is 0.538. The maximum Gasteiger partial charge on any atom is 0.122 e. The third-order valence-electron chi connectivity index (χ3n) is 2.81. The topological polar surface area (TPSA) is 35.2 Å². The van der Waals surface area contributed by atoms with Crippen LogP contribution in [0.2, 0.25) is 0 Å². The molecule has 2 rings (SSSR count). The highest BCUT2D eigenvalue weighted by Crippen LogP contribution is 2.26. The average Bonchev–Trinajstić information content (AvgIpc) is 2.60. The Hall–Kier alpha value is -1.02. The first-order valence-electron chi connectivity index (χ1n) is 5.58. The number of rotatable bonds is 3. The van der Waals surface area contributed by atoms with Crippen LogP contribution >= 0.6 is 0 Å². The van der Waals surface area contributed by atoms with Crippen molar-refractivity contribution in [1.82, 2.24) is 0 Å². The molecule has 2 nitrogen and oxygen atoms in total. The van der Waals surface area contributed by atoms with E-state index in [1.165, 1.54) is 11.1 Å². The van der Waals surface area contributed by atoms with Crippen molar-refractivity contribution in [1.29, 1.82) is 0 Å². The minimum absolute atomic E-state index is 0.0739. The Morgan fingerprint density at radius 1 is 1.40 bits per heavy atom. The van der Waals surface area contributed by atoms with Gasteiger partial charge >= 0.3 is 0 Å². The van der Waals surface area contributed by atoms with E-state index < -0.39 is 0 Å². The van der Waals surface area contributed by atoms with Crippen molar-refractivity contribution in [3.63, 3.8) is 0 Å². The number of aryl methyl sites for hydroxylation is 1. The van der Waals surface area contributed by atoms with Gasteiger partial charge in [-0.25, -0.2) is 0 Å². The highest BCUT2D eigenvalue weighted by atomic mass is 16.5. The van der Waals surface area contributed by atoms with Crippen molar-refractivity contribution in [3.8, 4) is 5.75 Å². The van der Waals surface area contributed by atoms with Gasteiger partial charge in [0, 0.05) is 12.0 Å². The van der Waals surface area contributed by atoms with Crippen LogP contribution in [0, 0.1) is 0 Å². The summed E-state index contributed by atoms with van der Waals surface area (Å²) < 4.78 is 5.47. The van der Waals surface area contributed by atoms with Crippen LogP contribution in [0.4, 0.5) is 0 Å². The molecule has 1 heterocycles. The molecule has 1 aliphatic heterocycles. The molecule has 82 valence electrons. The molecule has 0 saturated carbocycles. The minimum Gasteiger partial charge on any atom is -0.493 e. The number of benzene rings is 1. The Bertz CT molecular complexity index is 352. The standard InChI is InChI=1S/C13H19NO/c1-13(2,14)7-5-10-3-4-12-11(9-10)6-8-15-12/h3-4,9H,5-8,14H2,1-2H3. The summed E-state index contributed by atoms with van der Waals surface area (Å²) in [6, 6.07) is 6.49. The van der Waals surface area contributed by atoms with Crippen molar-refractivity contribution >= 4 is 0 Å². The molecular formula is C13H19NO. The van der Waals surface area contributed by atoms with Gasteiger partial charge in [0.1, 0.15) is 5.75 Å². The fourth-order valence-electron chi connectivity index (χ4n) is 1.86. The predicted octanol–water partition coefficient (Wildman–Crippen LogP) is 2.29. The lowest BCUT2D eigenvalue weighted by atomic mass is 9.95. The Morgan fingerprint density at radius 2 is 2.20 bits per heavy atom. The summed E-state index contributed by atoms with van der Waals surface area (Å²) in [5.41, 5.74) is 8.62. The number of hydrogen-bond donors (Lipinski definition) is 1. The Balaban J connectivity index is 2.04. The molecular weight excluding hydrogens is 186 g/mol. The van der Waals surface area contributed by atoms with Crippen molar-refractivity contribution < 1.29 is 4.74 Å². The smallest absolute Gasteiger partial charge is 0.122 e. The van der Waals surface area contributed by atoms with Gasteiger partial charge in [0.2, 0.25) is 0 Å². The summed E-state index contributed by atoms with van der Waals surface area (Å²) in [7, 11) is 0. The summed E-state index contributed by atoms with van der Waals surface area (Å²) in [6.45, 7) is 4.98. The molecule has 15 heavy (non-hydrogen) atoms. The zero-order chi connectivity index (χ0) is 10.9. The van der Waals surface area contributed by atoms with Gasteiger partial charge in [-0.15, -0.1) is 0 Å². The summed E-state index contributed by atoms with van der Waals surface area (Å²) >= 11 is 0. The molecule has 0 unspecified atom stereocenters. The first-order valence-corrected chi connectivity index (χ1v) is 5.58. The molecule has 0 amide bonds. The van der Waals surface area contributed by atoms with Gasteiger partial charge in [0.05, 0.1) is 6.61 Å². The van der Waals surface area contributed by atoms with E-state index in [1.807, 2.05) is 0 Å². The Morgan fingerprint density at radius 3 is 2.93 bits per heavy atom. The molecule has 0 fully saturated rings. The average molecular weight is 205 g/mol. The predicted molar refractivity (Wildman–Crippen MR) is 62.2 cm³/mol. The van der Waals surface area contributed by atoms with E-state index in [-0.39, 0.29) is 5.54 Å². The van der Waals surface area contributed by atoms with Crippen molar-refractivity contribution in [2.24, 2.45) is 5.73 Å². The van der Waals surface area contributed by atoms with E-state index in [2.05, 4.69) is 32.0 Å². The second kappa shape index (κ2) is 3.86. The lowest BCUT2D eigenvalue weighted by Crippen LogP contribution is -2.32. The molecule has 0 saturated heterocycles. The lowest BCUT2D eigenvalue weighted by molar-refractivity contribution is 0.357. The molecule has 0 radical (unpaired) electrons. The van der Waals surface area contributed by atoms with E-state index in [0.717, 1.165) is 31.6 Å². The van der Waals surface area contributed by atoms with Crippen LogP contribution in [0.25, 0.3) is 0 Å². The van der Waals surface area contributed by atoms with Crippen molar-refractivity contribution in [2.75, 3.05) is 6.61 Å². The second-order valence-electron chi connectivity index (χ2n) is 5.03. The number of ether oxygens (including phenoxy) is 1. The Kier molecular flexibility index (Phi) is 2.70. The first kappa shape index (κ1) is 10.5. The quantitative estimate of drug-likeness (QED) is 0.821. The zero-order valence-electron chi connectivity index (χ0n) is 9.55. The zero-order valence-corrected chi connectivity index (χ0v) is 9.55. The van der Waals surface area contributed by atoms with Crippen LogP contribution in [-0.2, 0) is 12.8 Å². The van der Waals surface area contributed by atoms with Crippen LogP contribution in [0.5, 0.6) is 5.75 Å². The van der Waals surface area contributed by atoms with E-state index in [1.54, 1.807) is 0 Å². The van der Waals surface area contributed by atoms with Crippen LogP contribution < -0.4 is 10.5 Å². The van der Waals surface area contributed by atoms with Crippen molar-refractivity contribution in [3.05, 3.63) is 29.3 Å². The molecule has 1 aliphatic rings. The fourth-order valence-corrected chi connectivity index (χ4v) is 1.86. The van der Waals surface area contributed by atoms with E-state index in [4.69, 9.17) is 10.5 Å². The van der Waals surface area contributed by atoms with E-state index in [9.17, 15) is 0 Å².